The molecule has 0 bridgehead atoms. The van der Waals surface area contributed by atoms with Crippen LogP contribution in [0.5, 0.6) is 5.75 Å². The molecule has 1 aliphatic heterocycles. The van der Waals surface area contributed by atoms with Crippen LogP contribution in [-0.4, -0.2) is 34.2 Å². The molecule has 31 heavy (non-hydrogen) atoms. The number of carbonyl (C=O) groups excluding carboxylic acids is 2. The highest BCUT2D eigenvalue weighted by Crippen LogP contribution is 2.34. The summed E-state index contributed by atoms with van der Waals surface area (Å²) in [7, 11) is 1.61. The first-order valence-electron chi connectivity index (χ1n) is 10.2. The number of fused-ring (bicyclic) bond motifs is 1. The van der Waals surface area contributed by atoms with Crippen LogP contribution >= 0.6 is 0 Å². The van der Waals surface area contributed by atoms with E-state index in [4.69, 9.17) is 4.74 Å². The molecule has 0 radical (unpaired) electrons. The Hall–Kier alpha value is -3.61. The lowest BCUT2D eigenvalue weighted by Gasteiger charge is -2.43. The van der Waals surface area contributed by atoms with E-state index in [-0.39, 0.29) is 18.4 Å². The normalized spacial score (nSPS) is 17.9. The molecule has 2 aromatic carbocycles. The first-order chi connectivity index (χ1) is 14.8. The van der Waals surface area contributed by atoms with Gasteiger partial charge in [-0.05, 0) is 56.2 Å². The number of amides is 2. The molecule has 7 nitrogen and oxygen atoms in total. The van der Waals surface area contributed by atoms with Gasteiger partial charge < -0.3 is 10.1 Å². The number of para-hydroxylation sites is 1. The molecule has 1 aliphatic rings. The van der Waals surface area contributed by atoms with Gasteiger partial charge in [0, 0.05) is 12.2 Å². The van der Waals surface area contributed by atoms with Crippen LogP contribution < -0.4 is 15.0 Å². The lowest BCUT2D eigenvalue weighted by atomic mass is 9.93. The van der Waals surface area contributed by atoms with E-state index in [0.717, 1.165) is 28.3 Å². The number of nitrogens with one attached hydrogen (secondary N) is 1. The molecule has 1 N–H and O–H groups in total. The number of rotatable bonds is 5. The van der Waals surface area contributed by atoms with E-state index in [1.54, 1.807) is 29.7 Å². The monoisotopic (exact) mass is 418 g/mol. The summed E-state index contributed by atoms with van der Waals surface area (Å²) in [5, 5.41) is 7.45. The van der Waals surface area contributed by atoms with Gasteiger partial charge in [0.05, 0.1) is 19.3 Å². The second-order valence-corrected chi connectivity index (χ2v) is 8.06. The topological polar surface area (TPSA) is 76.5 Å². The Balaban J connectivity index is 1.68. The van der Waals surface area contributed by atoms with Crippen molar-refractivity contribution in [3.05, 3.63) is 77.1 Å². The van der Waals surface area contributed by atoms with Crippen LogP contribution in [-0.2, 0) is 17.9 Å². The lowest BCUT2D eigenvalue weighted by Crippen LogP contribution is -2.64. The van der Waals surface area contributed by atoms with Gasteiger partial charge in [0.1, 0.15) is 17.0 Å². The van der Waals surface area contributed by atoms with Gasteiger partial charge in [-0.2, -0.15) is 5.10 Å². The molecule has 3 aromatic rings. The first kappa shape index (κ1) is 20.7. The van der Waals surface area contributed by atoms with Crippen LogP contribution in [0.2, 0.25) is 0 Å². The zero-order valence-electron chi connectivity index (χ0n) is 18.2. The summed E-state index contributed by atoms with van der Waals surface area (Å²) >= 11 is 0. The van der Waals surface area contributed by atoms with Crippen LogP contribution in [0.3, 0.4) is 0 Å². The molecule has 1 atom stereocenters. The van der Waals surface area contributed by atoms with E-state index in [2.05, 4.69) is 10.4 Å². The zero-order chi connectivity index (χ0) is 22.2. The van der Waals surface area contributed by atoms with Crippen molar-refractivity contribution in [3.8, 4) is 5.75 Å². The molecule has 7 heteroatoms. The predicted octanol–water partition coefficient (Wildman–Crippen LogP) is 3.24. The van der Waals surface area contributed by atoms with Crippen molar-refractivity contribution in [3.63, 3.8) is 0 Å². The van der Waals surface area contributed by atoms with Crippen LogP contribution in [0.15, 0.2) is 54.6 Å². The fourth-order valence-electron chi connectivity index (χ4n) is 4.02. The molecule has 0 saturated heterocycles. The van der Waals surface area contributed by atoms with E-state index in [9.17, 15) is 9.59 Å². The van der Waals surface area contributed by atoms with Crippen molar-refractivity contribution in [2.75, 3.05) is 12.0 Å². The Morgan fingerprint density at radius 1 is 1.16 bits per heavy atom. The maximum atomic E-state index is 13.5. The molecule has 0 unspecified atom stereocenters. The maximum Gasteiger partial charge on any atom is 0.277 e. The van der Waals surface area contributed by atoms with E-state index < -0.39 is 5.54 Å². The van der Waals surface area contributed by atoms with E-state index in [0.29, 0.717) is 12.2 Å². The van der Waals surface area contributed by atoms with Gasteiger partial charge in [0.25, 0.3) is 5.91 Å². The number of nitrogens with zero attached hydrogens (tertiary/aromatic N) is 3. The van der Waals surface area contributed by atoms with Gasteiger partial charge in [-0.15, -0.1) is 0 Å². The second kappa shape index (κ2) is 7.91. The third kappa shape index (κ3) is 3.67. The van der Waals surface area contributed by atoms with Gasteiger partial charge in [0.2, 0.25) is 5.91 Å². The molecular formula is C24H26N4O3. The highest BCUT2D eigenvalue weighted by molar-refractivity contribution is 6.12. The minimum atomic E-state index is -1.14. The molecule has 2 heterocycles. The van der Waals surface area contributed by atoms with Crippen molar-refractivity contribution in [2.24, 2.45) is 0 Å². The smallest absolute Gasteiger partial charge is 0.277 e. The molecule has 0 fully saturated rings. The number of hydrogen-bond acceptors (Lipinski definition) is 4. The number of benzene rings is 2. The number of carbonyl (C=O) groups is 2. The SMILES string of the molecule is COc1ccc(CNC(=O)[C@@]2(C)Cn3nc(C)cc3C(=O)N2c2ccccc2C)cc1. The quantitative estimate of drug-likeness (QED) is 0.690. The van der Waals surface area contributed by atoms with Gasteiger partial charge in [-0.1, -0.05) is 30.3 Å². The van der Waals surface area contributed by atoms with Crippen LogP contribution in [0, 0.1) is 13.8 Å². The van der Waals surface area contributed by atoms with Crippen molar-refractivity contribution >= 4 is 17.5 Å². The van der Waals surface area contributed by atoms with Crippen LogP contribution in [0.25, 0.3) is 0 Å². The third-order valence-electron chi connectivity index (χ3n) is 5.73. The molecule has 1 aromatic heterocycles. The summed E-state index contributed by atoms with van der Waals surface area (Å²) in [5.41, 5.74) is 2.69. The Labute approximate surface area is 181 Å². The van der Waals surface area contributed by atoms with Gasteiger partial charge in [0.15, 0.2) is 0 Å². The van der Waals surface area contributed by atoms with Crippen molar-refractivity contribution in [2.45, 2.75) is 39.4 Å². The van der Waals surface area contributed by atoms with Gasteiger partial charge in [-0.25, -0.2) is 0 Å². The number of aromatic nitrogens is 2. The number of ether oxygens (including phenoxy) is 1. The van der Waals surface area contributed by atoms with Crippen LogP contribution in [0.1, 0.15) is 34.2 Å². The van der Waals surface area contributed by atoms with Crippen molar-refractivity contribution < 1.29 is 14.3 Å². The van der Waals surface area contributed by atoms with Crippen molar-refractivity contribution in [1.29, 1.82) is 0 Å². The third-order valence-corrected chi connectivity index (χ3v) is 5.73. The highest BCUT2D eigenvalue weighted by Gasteiger charge is 2.49. The first-order valence-corrected chi connectivity index (χ1v) is 10.2. The number of aryl methyl sites for hydroxylation is 2. The second-order valence-electron chi connectivity index (χ2n) is 8.06. The van der Waals surface area contributed by atoms with Crippen molar-refractivity contribution in [1.82, 2.24) is 15.1 Å². The summed E-state index contributed by atoms with van der Waals surface area (Å²) in [6.07, 6.45) is 0. The molecule has 0 aliphatic carbocycles. The predicted molar refractivity (Wildman–Crippen MR) is 118 cm³/mol. The molecule has 4 rings (SSSR count). The van der Waals surface area contributed by atoms with E-state index >= 15 is 0 Å². The van der Waals surface area contributed by atoms with Gasteiger partial charge in [-0.3, -0.25) is 19.2 Å². The molecule has 2 amide bonds. The summed E-state index contributed by atoms with van der Waals surface area (Å²) in [5.74, 6) is 0.286. The average Bonchev–Trinajstić information content (AvgIpc) is 3.13. The van der Waals surface area contributed by atoms with Gasteiger partial charge >= 0.3 is 0 Å². The molecule has 160 valence electrons. The van der Waals surface area contributed by atoms with E-state index in [1.165, 1.54) is 0 Å². The lowest BCUT2D eigenvalue weighted by molar-refractivity contribution is -0.126. The standard InChI is InChI=1S/C24H26N4O3/c1-16-7-5-6-8-20(16)28-22(29)21-13-17(2)26-27(21)15-24(28,3)23(30)25-14-18-9-11-19(31-4)12-10-18/h5-13H,14-15H2,1-4H3,(H,25,30)/t24-/m1/s1. The summed E-state index contributed by atoms with van der Waals surface area (Å²) in [4.78, 5) is 28.6. The Morgan fingerprint density at radius 2 is 1.87 bits per heavy atom. The maximum absolute atomic E-state index is 13.5. The zero-order valence-corrected chi connectivity index (χ0v) is 18.2. The van der Waals surface area contributed by atoms with Crippen LogP contribution in [0.4, 0.5) is 5.69 Å². The Bertz CT molecular complexity index is 1140. The fourth-order valence-corrected chi connectivity index (χ4v) is 4.02. The summed E-state index contributed by atoms with van der Waals surface area (Å²) in [6.45, 7) is 6.19. The molecular weight excluding hydrogens is 392 g/mol. The number of anilines is 1. The average molecular weight is 418 g/mol. The Kier molecular flexibility index (Phi) is 5.27. The summed E-state index contributed by atoms with van der Waals surface area (Å²) < 4.78 is 6.82. The fraction of sp³-hybridized carbons (Fsp3) is 0.292. The minimum absolute atomic E-state index is 0.233. The van der Waals surface area contributed by atoms with E-state index in [1.807, 2.05) is 62.4 Å². The molecule has 0 saturated carbocycles. The summed E-state index contributed by atoms with van der Waals surface area (Å²) in [6, 6.07) is 16.9. The number of methoxy groups -OCH3 is 1. The largest absolute Gasteiger partial charge is 0.497 e. The molecule has 0 spiro atoms. The highest BCUT2D eigenvalue weighted by atomic mass is 16.5. The Morgan fingerprint density at radius 3 is 2.55 bits per heavy atom. The number of hydrogen-bond donors (Lipinski definition) is 1. The minimum Gasteiger partial charge on any atom is -0.497 e.